The molecule has 1 aromatic rings. The van der Waals surface area contributed by atoms with Crippen LogP contribution < -0.4 is 4.90 Å². The van der Waals surface area contributed by atoms with E-state index in [0.29, 0.717) is 6.42 Å². The predicted molar refractivity (Wildman–Crippen MR) is 92.7 cm³/mol. The summed E-state index contributed by atoms with van der Waals surface area (Å²) in [6.07, 6.45) is 2.10. The lowest BCUT2D eigenvalue weighted by Crippen LogP contribution is -2.36. The largest absolute Gasteiger partial charge is 0.462 e. The molecule has 8 heteroatoms. The number of nitro benzene ring substituents is 1. The van der Waals surface area contributed by atoms with Gasteiger partial charge >= 0.3 is 5.97 Å². The van der Waals surface area contributed by atoms with Crippen molar-refractivity contribution in [2.45, 2.75) is 20.3 Å². The molecule has 0 aliphatic rings. The molecule has 1 amide bonds. The van der Waals surface area contributed by atoms with Gasteiger partial charge in [0.2, 0.25) is 0 Å². The summed E-state index contributed by atoms with van der Waals surface area (Å²) in [5.74, 6) is -1.05. The number of benzene rings is 1. The summed E-state index contributed by atoms with van der Waals surface area (Å²) in [6.45, 7) is 7.42. The van der Waals surface area contributed by atoms with Crippen LogP contribution in [-0.4, -0.2) is 43.2 Å². The SMILES string of the molecule is C=CCOCC(=O)N(CCC)c1cc([N+](=O)[O-])ccc1C(=O)OCC. The van der Waals surface area contributed by atoms with Crippen molar-refractivity contribution >= 4 is 23.3 Å². The maximum absolute atomic E-state index is 12.5. The molecule has 136 valence electrons. The van der Waals surface area contributed by atoms with E-state index in [9.17, 15) is 19.7 Å². The minimum absolute atomic E-state index is 0.0953. The zero-order valence-corrected chi connectivity index (χ0v) is 14.4. The molecule has 0 unspecified atom stereocenters. The highest BCUT2D eigenvalue weighted by Gasteiger charge is 2.24. The number of rotatable bonds is 10. The average molecular weight is 350 g/mol. The predicted octanol–water partition coefficient (Wildman–Crippen LogP) is 2.72. The van der Waals surface area contributed by atoms with Gasteiger partial charge in [0, 0.05) is 18.7 Å². The quantitative estimate of drug-likeness (QED) is 0.211. The number of carbonyl (C=O) groups is 2. The monoisotopic (exact) mass is 350 g/mol. The highest BCUT2D eigenvalue weighted by molar-refractivity contribution is 6.03. The summed E-state index contributed by atoms with van der Waals surface area (Å²) in [6, 6.07) is 3.71. The zero-order chi connectivity index (χ0) is 18.8. The van der Waals surface area contributed by atoms with E-state index in [1.165, 1.54) is 29.2 Å². The van der Waals surface area contributed by atoms with E-state index < -0.39 is 16.8 Å². The smallest absolute Gasteiger partial charge is 0.340 e. The van der Waals surface area contributed by atoms with Crippen LogP contribution in [0, 0.1) is 10.1 Å². The molecule has 0 spiro atoms. The Morgan fingerprint density at radius 1 is 1.36 bits per heavy atom. The molecule has 25 heavy (non-hydrogen) atoms. The van der Waals surface area contributed by atoms with Crippen LogP contribution in [0.2, 0.25) is 0 Å². The third-order valence-corrected chi connectivity index (χ3v) is 3.19. The molecule has 0 radical (unpaired) electrons. The molecule has 0 bridgehead atoms. The van der Waals surface area contributed by atoms with Gasteiger partial charge in [-0.15, -0.1) is 6.58 Å². The van der Waals surface area contributed by atoms with Gasteiger partial charge in [0.25, 0.3) is 11.6 Å². The van der Waals surface area contributed by atoms with E-state index >= 15 is 0 Å². The first kappa shape index (κ1) is 20.3. The molecule has 0 N–H and O–H groups in total. The molecular formula is C17H22N2O6. The molecule has 0 aliphatic carbocycles. The number of nitro groups is 1. The number of carbonyl (C=O) groups excluding carboxylic acids is 2. The lowest BCUT2D eigenvalue weighted by Gasteiger charge is -2.24. The van der Waals surface area contributed by atoms with Crippen LogP contribution in [0.5, 0.6) is 0 Å². The van der Waals surface area contributed by atoms with Crippen molar-refractivity contribution in [2.24, 2.45) is 0 Å². The first-order chi connectivity index (χ1) is 12.0. The highest BCUT2D eigenvalue weighted by atomic mass is 16.6. The van der Waals surface area contributed by atoms with E-state index in [1.54, 1.807) is 6.92 Å². The number of ether oxygens (including phenoxy) is 2. The summed E-state index contributed by atoms with van der Waals surface area (Å²) < 4.78 is 10.1. The highest BCUT2D eigenvalue weighted by Crippen LogP contribution is 2.27. The van der Waals surface area contributed by atoms with Crippen LogP contribution in [-0.2, 0) is 14.3 Å². The fourth-order valence-electron chi connectivity index (χ4n) is 2.15. The molecular weight excluding hydrogens is 328 g/mol. The number of non-ortho nitro benzene ring substituents is 1. The van der Waals surface area contributed by atoms with Crippen molar-refractivity contribution in [1.82, 2.24) is 0 Å². The van der Waals surface area contributed by atoms with Gasteiger partial charge in [0.1, 0.15) is 6.61 Å². The first-order valence-electron chi connectivity index (χ1n) is 7.90. The van der Waals surface area contributed by atoms with Gasteiger partial charge in [0.15, 0.2) is 0 Å². The molecule has 0 fully saturated rings. The van der Waals surface area contributed by atoms with Crippen molar-refractivity contribution in [1.29, 1.82) is 0 Å². The molecule has 0 aromatic heterocycles. The Kier molecular flexibility index (Phi) is 8.28. The Labute approximate surface area is 146 Å². The topological polar surface area (TPSA) is 99.0 Å². The second-order valence-electron chi connectivity index (χ2n) is 5.03. The summed E-state index contributed by atoms with van der Waals surface area (Å²) in [5, 5.41) is 11.1. The van der Waals surface area contributed by atoms with Crippen molar-refractivity contribution < 1.29 is 24.0 Å². The van der Waals surface area contributed by atoms with Crippen LogP contribution in [0.25, 0.3) is 0 Å². The van der Waals surface area contributed by atoms with Crippen molar-refractivity contribution in [3.05, 3.63) is 46.5 Å². The Morgan fingerprint density at radius 3 is 2.64 bits per heavy atom. The second-order valence-corrected chi connectivity index (χ2v) is 5.03. The first-order valence-corrected chi connectivity index (χ1v) is 7.90. The van der Waals surface area contributed by atoms with Gasteiger partial charge < -0.3 is 14.4 Å². The van der Waals surface area contributed by atoms with Crippen LogP contribution in [0.1, 0.15) is 30.6 Å². The van der Waals surface area contributed by atoms with Crippen molar-refractivity contribution in [3.63, 3.8) is 0 Å². The van der Waals surface area contributed by atoms with E-state index in [0.717, 1.165) is 0 Å². The van der Waals surface area contributed by atoms with Crippen LogP contribution in [0.4, 0.5) is 11.4 Å². The van der Waals surface area contributed by atoms with Gasteiger partial charge in [-0.1, -0.05) is 13.0 Å². The Morgan fingerprint density at radius 2 is 2.08 bits per heavy atom. The fourth-order valence-corrected chi connectivity index (χ4v) is 2.15. The minimum Gasteiger partial charge on any atom is -0.462 e. The lowest BCUT2D eigenvalue weighted by atomic mass is 10.1. The third kappa shape index (κ3) is 5.68. The molecule has 0 saturated heterocycles. The van der Waals surface area contributed by atoms with Crippen LogP contribution in [0.15, 0.2) is 30.9 Å². The molecule has 0 aliphatic heterocycles. The molecule has 8 nitrogen and oxygen atoms in total. The third-order valence-electron chi connectivity index (χ3n) is 3.19. The lowest BCUT2D eigenvalue weighted by molar-refractivity contribution is -0.384. The number of anilines is 1. The van der Waals surface area contributed by atoms with E-state index in [2.05, 4.69) is 6.58 Å². The Bertz CT molecular complexity index is 644. The summed E-state index contributed by atoms with van der Waals surface area (Å²) in [7, 11) is 0. The molecule has 0 heterocycles. The average Bonchev–Trinajstić information content (AvgIpc) is 2.59. The van der Waals surface area contributed by atoms with E-state index in [4.69, 9.17) is 9.47 Å². The van der Waals surface area contributed by atoms with Crippen LogP contribution >= 0.6 is 0 Å². The summed E-state index contributed by atoms with van der Waals surface area (Å²) >= 11 is 0. The number of hydrogen-bond acceptors (Lipinski definition) is 6. The van der Waals surface area contributed by atoms with Gasteiger partial charge in [-0.05, 0) is 19.4 Å². The van der Waals surface area contributed by atoms with E-state index in [1.807, 2.05) is 6.92 Å². The number of hydrogen-bond donors (Lipinski definition) is 0. The number of esters is 1. The Balaban J connectivity index is 3.30. The van der Waals surface area contributed by atoms with Gasteiger partial charge in [0.05, 0.1) is 29.4 Å². The maximum Gasteiger partial charge on any atom is 0.340 e. The van der Waals surface area contributed by atoms with Crippen molar-refractivity contribution in [2.75, 3.05) is 31.3 Å². The summed E-state index contributed by atoms with van der Waals surface area (Å²) in [5.41, 5.74) is 0.0173. The van der Waals surface area contributed by atoms with Gasteiger partial charge in [-0.2, -0.15) is 0 Å². The molecule has 0 atom stereocenters. The Hall–Kier alpha value is -2.74. The van der Waals surface area contributed by atoms with E-state index in [-0.39, 0.29) is 43.3 Å². The molecule has 1 aromatic carbocycles. The van der Waals surface area contributed by atoms with Gasteiger partial charge in [-0.25, -0.2) is 4.79 Å². The number of nitrogens with zero attached hydrogens (tertiary/aromatic N) is 2. The second kappa shape index (κ2) is 10.2. The van der Waals surface area contributed by atoms with Crippen molar-refractivity contribution in [3.8, 4) is 0 Å². The normalized spacial score (nSPS) is 10.2. The standard InChI is InChI=1S/C17H22N2O6/c1-4-9-18(16(20)12-24-10-5-2)15-11-13(19(22)23)7-8-14(15)17(21)25-6-3/h5,7-8,11H,2,4,6,9-10,12H2,1,3H3. The molecule has 1 rings (SSSR count). The number of amides is 1. The fraction of sp³-hybridized carbons (Fsp3) is 0.412. The minimum atomic E-state index is -0.645. The van der Waals surface area contributed by atoms with Crippen LogP contribution in [0.3, 0.4) is 0 Å². The summed E-state index contributed by atoms with van der Waals surface area (Å²) in [4.78, 5) is 36.4. The maximum atomic E-state index is 12.5. The zero-order valence-electron chi connectivity index (χ0n) is 14.4. The molecule has 0 saturated carbocycles. The van der Waals surface area contributed by atoms with Gasteiger partial charge in [-0.3, -0.25) is 14.9 Å².